The van der Waals surface area contributed by atoms with Gasteiger partial charge in [0.2, 0.25) is 0 Å². The number of methoxy groups -OCH3 is 1. The second-order valence-corrected chi connectivity index (χ2v) is 5.74. The van der Waals surface area contributed by atoms with Crippen LogP contribution in [0, 0.1) is 5.92 Å². The van der Waals surface area contributed by atoms with Crippen LogP contribution in [0.5, 0.6) is 0 Å². The summed E-state index contributed by atoms with van der Waals surface area (Å²) in [5.74, 6) is 1.68. The average Bonchev–Trinajstić information content (AvgIpc) is 2.63. The fraction of sp³-hybridized carbons (Fsp3) is 0.733. The smallest absolute Gasteiger partial charge is 0.360 e. The molecule has 2 atom stereocenters. The molecule has 0 aromatic carbocycles. The van der Waals surface area contributed by atoms with Crippen LogP contribution in [0.1, 0.15) is 68.3 Å². The largest absolute Gasteiger partial charge is 0.464 e. The van der Waals surface area contributed by atoms with Crippen molar-refractivity contribution in [2.75, 3.05) is 12.8 Å². The Labute approximate surface area is 120 Å². The van der Waals surface area contributed by atoms with Gasteiger partial charge in [0.25, 0.3) is 0 Å². The van der Waals surface area contributed by atoms with Crippen molar-refractivity contribution in [3.8, 4) is 0 Å². The van der Waals surface area contributed by atoms with Crippen LogP contribution in [0.4, 0.5) is 5.82 Å². The van der Waals surface area contributed by atoms with Gasteiger partial charge in [0, 0.05) is 12.5 Å². The maximum Gasteiger partial charge on any atom is 0.360 e. The molecule has 112 valence electrons. The average molecular weight is 279 g/mol. The SMILES string of the molecule is CCc1nc(C(=O)OC)c(N)n1C1CCCC(C)CC1. The summed E-state index contributed by atoms with van der Waals surface area (Å²) in [5.41, 5.74) is 6.44. The number of esters is 1. The molecule has 2 N–H and O–H groups in total. The lowest BCUT2D eigenvalue weighted by atomic mass is 10.0. The van der Waals surface area contributed by atoms with Gasteiger partial charge < -0.3 is 15.0 Å². The van der Waals surface area contributed by atoms with Crippen molar-refractivity contribution in [2.24, 2.45) is 5.92 Å². The molecule has 1 saturated carbocycles. The number of nitrogens with two attached hydrogens (primary N) is 1. The molecular formula is C15H25N3O2. The van der Waals surface area contributed by atoms with Crippen LogP contribution in [0.15, 0.2) is 0 Å². The Kier molecular flexibility index (Phi) is 4.68. The monoisotopic (exact) mass is 279 g/mol. The van der Waals surface area contributed by atoms with E-state index in [0.29, 0.717) is 11.9 Å². The lowest BCUT2D eigenvalue weighted by molar-refractivity contribution is 0.0595. The van der Waals surface area contributed by atoms with Gasteiger partial charge >= 0.3 is 5.97 Å². The summed E-state index contributed by atoms with van der Waals surface area (Å²) in [7, 11) is 1.36. The number of nitrogens with zero attached hydrogens (tertiary/aromatic N) is 2. The summed E-state index contributed by atoms with van der Waals surface area (Å²) in [4.78, 5) is 16.1. The molecule has 0 spiro atoms. The standard InChI is InChI=1S/C15H25N3O2/c1-4-12-17-13(15(19)20-3)14(16)18(12)11-7-5-6-10(2)8-9-11/h10-11H,4-9,16H2,1-3H3. The van der Waals surface area contributed by atoms with Gasteiger partial charge in [-0.1, -0.05) is 26.7 Å². The molecule has 1 aromatic heterocycles. The van der Waals surface area contributed by atoms with Gasteiger partial charge in [-0.2, -0.15) is 0 Å². The predicted octanol–water partition coefficient (Wildman–Crippen LogP) is 2.96. The molecule has 0 aliphatic heterocycles. The zero-order chi connectivity index (χ0) is 14.7. The van der Waals surface area contributed by atoms with Crippen molar-refractivity contribution >= 4 is 11.8 Å². The minimum absolute atomic E-state index is 0.265. The molecule has 2 unspecified atom stereocenters. The van der Waals surface area contributed by atoms with Crippen molar-refractivity contribution in [1.29, 1.82) is 0 Å². The number of aryl methyl sites for hydroxylation is 1. The number of nitrogen functional groups attached to an aromatic ring is 1. The Morgan fingerprint density at radius 2 is 2.15 bits per heavy atom. The van der Waals surface area contributed by atoms with Crippen molar-refractivity contribution in [3.63, 3.8) is 0 Å². The second-order valence-electron chi connectivity index (χ2n) is 5.74. The van der Waals surface area contributed by atoms with E-state index >= 15 is 0 Å². The molecule has 0 radical (unpaired) electrons. The number of anilines is 1. The minimum atomic E-state index is -0.446. The molecule has 0 saturated heterocycles. The Balaban J connectivity index is 2.34. The predicted molar refractivity (Wildman–Crippen MR) is 78.6 cm³/mol. The van der Waals surface area contributed by atoms with Gasteiger partial charge in [-0.3, -0.25) is 0 Å². The number of carbonyl (C=O) groups excluding carboxylic acids is 1. The van der Waals surface area contributed by atoms with E-state index in [0.717, 1.165) is 31.0 Å². The summed E-state index contributed by atoms with van der Waals surface area (Å²) in [6.07, 6.45) is 6.68. The molecule has 1 heterocycles. The molecule has 5 heteroatoms. The molecule has 20 heavy (non-hydrogen) atoms. The molecule has 1 aliphatic rings. The molecule has 1 aromatic rings. The van der Waals surface area contributed by atoms with Gasteiger partial charge in [0.05, 0.1) is 7.11 Å². The maximum atomic E-state index is 11.7. The van der Waals surface area contributed by atoms with E-state index in [2.05, 4.69) is 16.5 Å². The number of aromatic nitrogens is 2. The Bertz CT molecular complexity index is 482. The number of rotatable bonds is 3. The fourth-order valence-corrected chi connectivity index (χ4v) is 3.12. The number of hydrogen-bond donors (Lipinski definition) is 1. The first kappa shape index (κ1) is 14.9. The molecule has 0 amide bonds. The third-order valence-corrected chi connectivity index (χ3v) is 4.31. The number of ether oxygens (including phenoxy) is 1. The van der Waals surface area contributed by atoms with Crippen molar-refractivity contribution in [2.45, 2.75) is 58.4 Å². The summed E-state index contributed by atoms with van der Waals surface area (Å²) in [6, 6.07) is 0.362. The van der Waals surface area contributed by atoms with Crippen molar-refractivity contribution in [3.05, 3.63) is 11.5 Å². The molecule has 1 fully saturated rings. The molecule has 5 nitrogen and oxygen atoms in total. The number of imidazole rings is 1. The van der Waals surface area contributed by atoms with Crippen LogP contribution in [0.25, 0.3) is 0 Å². The molecule has 1 aliphatic carbocycles. The first-order chi connectivity index (χ1) is 9.58. The first-order valence-electron chi connectivity index (χ1n) is 7.53. The van der Waals surface area contributed by atoms with Gasteiger partial charge in [0.1, 0.15) is 11.6 Å². The van der Waals surface area contributed by atoms with Gasteiger partial charge in [-0.05, 0) is 25.2 Å². The lowest BCUT2D eigenvalue weighted by Crippen LogP contribution is -2.15. The van der Waals surface area contributed by atoms with E-state index in [4.69, 9.17) is 10.5 Å². The molecular weight excluding hydrogens is 254 g/mol. The second kappa shape index (κ2) is 6.29. The first-order valence-corrected chi connectivity index (χ1v) is 7.53. The van der Waals surface area contributed by atoms with Crippen LogP contribution in [0.2, 0.25) is 0 Å². The van der Waals surface area contributed by atoms with Crippen LogP contribution in [-0.4, -0.2) is 22.6 Å². The summed E-state index contributed by atoms with van der Waals surface area (Å²) < 4.78 is 6.84. The molecule has 2 rings (SSSR count). The highest BCUT2D eigenvalue weighted by molar-refractivity contribution is 5.92. The summed E-state index contributed by atoms with van der Waals surface area (Å²) in [6.45, 7) is 4.35. The maximum absolute atomic E-state index is 11.7. The highest BCUT2D eigenvalue weighted by atomic mass is 16.5. The van der Waals surface area contributed by atoms with Crippen LogP contribution >= 0.6 is 0 Å². The van der Waals surface area contributed by atoms with Gasteiger partial charge in [0.15, 0.2) is 5.69 Å². The van der Waals surface area contributed by atoms with Crippen LogP contribution < -0.4 is 5.73 Å². The van der Waals surface area contributed by atoms with Crippen molar-refractivity contribution < 1.29 is 9.53 Å². The highest BCUT2D eigenvalue weighted by Gasteiger charge is 2.26. The third-order valence-electron chi connectivity index (χ3n) is 4.31. The zero-order valence-corrected chi connectivity index (χ0v) is 12.7. The van der Waals surface area contributed by atoms with Gasteiger partial charge in [-0.25, -0.2) is 9.78 Å². The third kappa shape index (κ3) is 2.81. The van der Waals surface area contributed by atoms with E-state index in [1.807, 2.05) is 6.92 Å². The van der Waals surface area contributed by atoms with E-state index in [-0.39, 0.29) is 5.69 Å². The van der Waals surface area contributed by atoms with E-state index < -0.39 is 5.97 Å². The quantitative estimate of drug-likeness (QED) is 0.682. The van der Waals surface area contributed by atoms with Gasteiger partial charge in [-0.15, -0.1) is 0 Å². The van der Waals surface area contributed by atoms with E-state index in [1.165, 1.54) is 26.4 Å². The molecule has 0 bridgehead atoms. The van der Waals surface area contributed by atoms with Crippen LogP contribution in [-0.2, 0) is 11.2 Å². The number of hydrogen-bond acceptors (Lipinski definition) is 4. The normalized spacial score (nSPS) is 23.4. The highest BCUT2D eigenvalue weighted by Crippen LogP contribution is 2.34. The van der Waals surface area contributed by atoms with E-state index in [9.17, 15) is 4.79 Å². The topological polar surface area (TPSA) is 70.1 Å². The Morgan fingerprint density at radius 1 is 1.40 bits per heavy atom. The summed E-state index contributed by atoms with van der Waals surface area (Å²) in [5, 5.41) is 0. The lowest BCUT2D eigenvalue weighted by Gasteiger charge is -2.20. The zero-order valence-electron chi connectivity index (χ0n) is 12.7. The number of carbonyl (C=O) groups is 1. The fourth-order valence-electron chi connectivity index (χ4n) is 3.12. The minimum Gasteiger partial charge on any atom is -0.464 e. The Morgan fingerprint density at radius 3 is 2.80 bits per heavy atom. The summed E-state index contributed by atoms with van der Waals surface area (Å²) >= 11 is 0. The van der Waals surface area contributed by atoms with Crippen molar-refractivity contribution in [1.82, 2.24) is 9.55 Å². The van der Waals surface area contributed by atoms with Crippen LogP contribution in [0.3, 0.4) is 0 Å². The Hall–Kier alpha value is -1.52. The van der Waals surface area contributed by atoms with E-state index in [1.54, 1.807) is 0 Å².